The van der Waals surface area contributed by atoms with Gasteiger partial charge in [-0.2, -0.15) is 0 Å². The highest BCUT2D eigenvalue weighted by molar-refractivity contribution is 14.0. The van der Waals surface area contributed by atoms with Gasteiger partial charge in [-0.25, -0.2) is 4.99 Å². The van der Waals surface area contributed by atoms with E-state index in [0.717, 1.165) is 36.6 Å². The molecule has 4 rings (SSSR count). The second-order valence-corrected chi connectivity index (χ2v) is 8.08. The monoisotopic (exact) mass is 509 g/mol. The third-order valence-corrected chi connectivity index (χ3v) is 5.84. The second kappa shape index (κ2) is 9.88. The molecule has 2 aromatic rings. The smallest absolute Gasteiger partial charge is 0.192 e. The van der Waals surface area contributed by atoms with Gasteiger partial charge in [0.1, 0.15) is 5.82 Å². The largest absolute Gasteiger partial charge is 0.352 e. The number of hydrogen-bond acceptors (Lipinski definition) is 4. The average Bonchev–Trinajstić information content (AvgIpc) is 3.41. The van der Waals surface area contributed by atoms with Crippen molar-refractivity contribution in [3.63, 3.8) is 0 Å². The Balaban J connectivity index is 0.00000240. The molecule has 7 nitrogen and oxygen atoms in total. The normalized spacial score (nSPS) is 22.4. The Kier molecular flexibility index (Phi) is 7.50. The zero-order chi connectivity index (χ0) is 19.5. The molecule has 1 aliphatic heterocycles. The third kappa shape index (κ3) is 5.69. The summed E-state index contributed by atoms with van der Waals surface area (Å²) in [4.78, 5) is 7.49. The van der Waals surface area contributed by atoms with Gasteiger partial charge in [0.2, 0.25) is 0 Å². The summed E-state index contributed by atoms with van der Waals surface area (Å²) >= 11 is 0. The van der Waals surface area contributed by atoms with E-state index < -0.39 is 0 Å². The van der Waals surface area contributed by atoms with Crippen molar-refractivity contribution in [1.29, 1.82) is 0 Å². The Hall–Kier alpha value is -1.68. The molecule has 29 heavy (non-hydrogen) atoms. The van der Waals surface area contributed by atoms with Crippen molar-refractivity contribution in [3.8, 4) is 0 Å². The maximum Gasteiger partial charge on any atom is 0.192 e. The van der Waals surface area contributed by atoms with E-state index in [0.29, 0.717) is 25.2 Å². The van der Waals surface area contributed by atoms with Crippen LogP contribution in [0.2, 0.25) is 0 Å². The van der Waals surface area contributed by atoms with E-state index in [1.165, 1.54) is 18.4 Å². The van der Waals surface area contributed by atoms with Gasteiger partial charge in [0.25, 0.3) is 0 Å². The third-order valence-electron chi connectivity index (χ3n) is 5.84. The molecule has 2 heterocycles. The molecule has 1 saturated heterocycles. The van der Waals surface area contributed by atoms with Gasteiger partial charge in [-0.15, -0.1) is 34.2 Å². The van der Waals surface area contributed by atoms with Crippen molar-refractivity contribution in [1.82, 2.24) is 30.3 Å². The van der Waals surface area contributed by atoms with Crippen molar-refractivity contribution in [2.45, 2.75) is 64.3 Å². The van der Waals surface area contributed by atoms with E-state index in [2.05, 4.69) is 56.9 Å². The van der Waals surface area contributed by atoms with Gasteiger partial charge in [-0.05, 0) is 38.7 Å². The summed E-state index contributed by atoms with van der Waals surface area (Å²) in [7, 11) is 1.99. The highest BCUT2D eigenvalue weighted by Gasteiger charge is 2.38. The average molecular weight is 509 g/mol. The highest BCUT2D eigenvalue weighted by atomic mass is 127. The lowest BCUT2D eigenvalue weighted by Crippen LogP contribution is -2.44. The molecule has 2 aliphatic rings. The lowest BCUT2D eigenvalue weighted by molar-refractivity contribution is 0.256. The van der Waals surface area contributed by atoms with Crippen LogP contribution in [-0.4, -0.2) is 50.3 Å². The molecular formula is C21H32IN7. The van der Waals surface area contributed by atoms with Gasteiger partial charge in [-0.1, -0.05) is 30.3 Å². The summed E-state index contributed by atoms with van der Waals surface area (Å²) in [6.45, 7) is 6.66. The fourth-order valence-electron chi connectivity index (χ4n) is 3.94. The quantitative estimate of drug-likeness (QED) is 0.356. The first-order valence-corrected chi connectivity index (χ1v) is 10.3. The molecule has 1 aromatic carbocycles. The minimum atomic E-state index is 0. The van der Waals surface area contributed by atoms with Crippen LogP contribution < -0.4 is 10.6 Å². The number of aryl methyl sites for hydroxylation is 1. The summed E-state index contributed by atoms with van der Waals surface area (Å²) in [5.41, 5.74) is 1.21. The molecule has 1 aromatic heterocycles. The van der Waals surface area contributed by atoms with Crippen LogP contribution in [0, 0.1) is 6.92 Å². The van der Waals surface area contributed by atoms with Gasteiger partial charge in [0.15, 0.2) is 11.8 Å². The molecule has 2 fully saturated rings. The van der Waals surface area contributed by atoms with Gasteiger partial charge < -0.3 is 15.2 Å². The van der Waals surface area contributed by atoms with Crippen LogP contribution in [0.4, 0.5) is 0 Å². The van der Waals surface area contributed by atoms with Gasteiger partial charge >= 0.3 is 0 Å². The molecule has 0 amide bonds. The Morgan fingerprint density at radius 2 is 1.97 bits per heavy atom. The maximum absolute atomic E-state index is 4.84. The number of likely N-dealkylation sites (tertiary alicyclic amines) is 1. The van der Waals surface area contributed by atoms with Crippen molar-refractivity contribution in [3.05, 3.63) is 47.5 Å². The summed E-state index contributed by atoms with van der Waals surface area (Å²) in [6, 6.07) is 12.2. The first kappa shape index (κ1) is 22.0. The van der Waals surface area contributed by atoms with Crippen LogP contribution >= 0.6 is 24.0 Å². The molecule has 2 N–H and O–H groups in total. The summed E-state index contributed by atoms with van der Waals surface area (Å²) in [6.07, 6.45) is 3.87. The summed E-state index contributed by atoms with van der Waals surface area (Å²) < 4.78 is 2.01. The first-order chi connectivity index (χ1) is 13.6. The maximum atomic E-state index is 4.84. The van der Waals surface area contributed by atoms with E-state index in [1.807, 2.05) is 24.6 Å². The summed E-state index contributed by atoms with van der Waals surface area (Å²) in [5, 5.41) is 15.5. The Morgan fingerprint density at radius 1 is 1.21 bits per heavy atom. The van der Waals surface area contributed by atoms with Crippen molar-refractivity contribution in [2.75, 3.05) is 6.54 Å². The summed E-state index contributed by atoms with van der Waals surface area (Å²) in [5.74, 6) is 2.67. The molecule has 8 heteroatoms. The predicted octanol–water partition coefficient (Wildman–Crippen LogP) is 2.60. The number of guanidine groups is 1. The number of halogens is 1. The van der Waals surface area contributed by atoms with Gasteiger partial charge in [0.05, 0.1) is 13.1 Å². The van der Waals surface area contributed by atoms with Crippen LogP contribution in [-0.2, 0) is 20.1 Å². The number of benzene rings is 1. The molecule has 0 spiro atoms. The minimum Gasteiger partial charge on any atom is -0.352 e. The number of aliphatic imine (C=N–C) groups is 1. The van der Waals surface area contributed by atoms with Crippen LogP contribution in [0.5, 0.6) is 0 Å². The molecule has 0 radical (unpaired) electrons. The zero-order valence-electron chi connectivity index (χ0n) is 17.5. The van der Waals surface area contributed by atoms with Crippen LogP contribution in [0.1, 0.15) is 43.4 Å². The molecular weight excluding hydrogens is 477 g/mol. The number of hydrogen-bond donors (Lipinski definition) is 2. The Morgan fingerprint density at radius 3 is 2.62 bits per heavy atom. The molecule has 1 saturated carbocycles. The SMILES string of the molecule is Cc1nnc(CNC(=NCc2ccccc2)NC2CC(C)N(C3CC3)C2)n1C.I. The topological polar surface area (TPSA) is 70.4 Å². The molecule has 0 bridgehead atoms. The van der Waals surface area contributed by atoms with E-state index in [4.69, 9.17) is 4.99 Å². The lowest BCUT2D eigenvalue weighted by atomic mass is 10.2. The number of nitrogens with one attached hydrogen (secondary N) is 2. The molecule has 2 atom stereocenters. The number of aromatic nitrogens is 3. The van der Waals surface area contributed by atoms with E-state index in [1.54, 1.807) is 0 Å². The van der Waals surface area contributed by atoms with Crippen LogP contribution in [0.25, 0.3) is 0 Å². The molecule has 158 valence electrons. The van der Waals surface area contributed by atoms with Crippen molar-refractivity contribution >= 4 is 29.9 Å². The van der Waals surface area contributed by atoms with Gasteiger partial charge in [-0.3, -0.25) is 4.90 Å². The zero-order valence-corrected chi connectivity index (χ0v) is 19.8. The van der Waals surface area contributed by atoms with Crippen LogP contribution in [0.15, 0.2) is 35.3 Å². The highest BCUT2D eigenvalue weighted by Crippen LogP contribution is 2.33. The van der Waals surface area contributed by atoms with Crippen LogP contribution in [0.3, 0.4) is 0 Å². The Bertz CT molecular complexity index is 816. The fourth-order valence-corrected chi connectivity index (χ4v) is 3.94. The molecule has 2 unspecified atom stereocenters. The standard InChI is InChI=1S/C21H31N7.HI/c1-15-11-18(14-28(15)19-9-10-19)24-21(22-12-17-7-5-4-6-8-17)23-13-20-26-25-16(2)27(20)3;/h4-8,15,18-19H,9-14H2,1-3H3,(H2,22,23,24);1H. The number of rotatable bonds is 6. The minimum absolute atomic E-state index is 0. The van der Waals surface area contributed by atoms with Crippen molar-refractivity contribution in [2.24, 2.45) is 12.0 Å². The van der Waals surface area contributed by atoms with E-state index in [-0.39, 0.29) is 24.0 Å². The number of nitrogens with zero attached hydrogens (tertiary/aromatic N) is 5. The van der Waals surface area contributed by atoms with E-state index in [9.17, 15) is 0 Å². The Labute approximate surface area is 190 Å². The lowest BCUT2D eigenvalue weighted by Gasteiger charge is -2.20. The van der Waals surface area contributed by atoms with E-state index >= 15 is 0 Å². The molecule has 1 aliphatic carbocycles. The second-order valence-electron chi connectivity index (χ2n) is 8.08. The van der Waals surface area contributed by atoms with Crippen molar-refractivity contribution < 1.29 is 0 Å². The van der Waals surface area contributed by atoms with Gasteiger partial charge in [0, 0.05) is 31.7 Å². The fraction of sp³-hybridized carbons (Fsp3) is 0.571. The predicted molar refractivity (Wildman–Crippen MR) is 126 cm³/mol. The first-order valence-electron chi connectivity index (χ1n) is 10.3.